The molecule has 2 aromatic carbocycles. The molecule has 0 saturated heterocycles. The maximum absolute atomic E-state index is 14.0. The number of ether oxygens (including phenoxy) is 1. The minimum Gasteiger partial charge on any atom is -0.465 e. The van der Waals surface area contributed by atoms with Gasteiger partial charge in [0.1, 0.15) is 0 Å². The standard InChI is InChI=1S/C14H11F2NO2/c1-19-14(18)11-6-5-10(12(15)13(11)16)8-3-2-4-9(17)7-8/h2-7H,17H2,1H3. The molecule has 0 aliphatic rings. The molecule has 0 unspecified atom stereocenters. The molecule has 3 nitrogen and oxygen atoms in total. The van der Waals surface area contributed by atoms with Crippen molar-refractivity contribution in [1.82, 2.24) is 0 Å². The number of hydrogen-bond acceptors (Lipinski definition) is 3. The number of esters is 1. The number of carbonyl (C=O) groups excluding carboxylic acids is 1. The first kappa shape index (κ1) is 13.0. The molecule has 2 rings (SSSR count). The molecule has 0 fully saturated rings. The topological polar surface area (TPSA) is 52.3 Å². The Labute approximate surface area is 108 Å². The Kier molecular flexibility index (Phi) is 3.46. The number of methoxy groups -OCH3 is 1. The highest BCUT2D eigenvalue weighted by Crippen LogP contribution is 2.27. The minimum absolute atomic E-state index is 0.0393. The first-order chi connectivity index (χ1) is 9.04. The van der Waals surface area contributed by atoms with Crippen molar-refractivity contribution in [3.05, 3.63) is 53.6 Å². The Morgan fingerprint density at radius 3 is 2.53 bits per heavy atom. The number of benzene rings is 2. The predicted molar refractivity (Wildman–Crippen MR) is 67.5 cm³/mol. The second kappa shape index (κ2) is 5.06. The molecule has 2 aromatic rings. The van der Waals surface area contributed by atoms with Crippen molar-refractivity contribution in [3.63, 3.8) is 0 Å². The summed E-state index contributed by atoms with van der Waals surface area (Å²) in [5.74, 6) is -3.25. The second-order valence-corrected chi connectivity index (χ2v) is 3.91. The third-order valence-electron chi connectivity index (χ3n) is 2.69. The lowest BCUT2D eigenvalue weighted by Gasteiger charge is -2.08. The van der Waals surface area contributed by atoms with E-state index < -0.39 is 23.2 Å². The molecule has 0 aliphatic heterocycles. The lowest BCUT2D eigenvalue weighted by molar-refractivity contribution is 0.0594. The van der Waals surface area contributed by atoms with Crippen LogP contribution in [-0.4, -0.2) is 13.1 Å². The summed E-state index contributed by atoms with van der Waals surface area (Å²) < 4.78 is 32.1. The Hall–Kier alpha value is -2.43. The summed E-state index contributed by atoms with van der Waals surface area (Å²) in [5, 5.41) is 0. The van der Waals surface area contributed by atoms with Gasteiger partial charge in [0, 0.05) is 11.3 Å². The summed E-state index contributed by atoms with van der Waals surface area (Å²) in [6.45, 7) is 0. The third-order valence-corrected chi connectivity index (χ3v) is 2.69. The monoisotopic (exact) mass is 263 g/mol. The van der Waals surface area contributed by atoms with E-state index in [0.717, 1.165) is 7.11 Å². The van der Waals surface area contributed by atoms with Gasteiger partial charge >= 0.3 is 5.97 Å². The first-order valence-corrected chi connectivity index (χ1v) is 5.47. The lowest BCUT2D eigenvalue weighted by atomic mass is 10.0. The number of hydrogen-bond donors (Lipinski definition) is 1. The van der Waals surface area contributed by atoms with E-state index in [-0.39, 0.29) is 5.56 Å². The van der Waals surface area contributed by atoms with Gasteiger partial charge in [-0.2, -0.15) is 0 Å². The number of halogens is 2. The molecule has 0 heterocycles. The summed E-state index contributed by atoms with van der Waals surface area (Å²) >= 11 is 0. The highest BCUT2D eigenvalue weighted by atomic mass is 19.2. The van der Waals surface area contributed by atoms with Crippen LogP contribution in [0, 0.1) is 11.6 Å². The van der Waals surface area contributed by atoms with Crippen molar-refractivity contribution in [2.24, 2.45) is 0 Å². The Morgan fingerprint density at radius 2 is 1.89 bits per heavy atom. The van der Waals surface area contributed by atoms with Gasteiger partial charge < -0.3 is 10.5 Å². The molecule has 2 N–H and O–H groups in total. The molecular formula is C14H11F2NO2. The van der Waals surface area contributed by atoms with E-state index in [1.54, 1.807) is 18.2 Å². The van der Waals surface area contributed by atoms with Gasteiger partial charge in [0.2, 0.25) is 0 Å². The van der Waals surface area contributed by atoms with Crippen molar-refractivity contribution >= 4 is 11.7 Å². The van der Waals surface area contributed by atoms with Crippen LogP contribution in [0.15, 0.2) is 36.4 Å². The van der Waals surface area contributed by atoms with Gasteiger partial charge in [0.15, 0.2) is 11.6 Å². The van der Waals surface area contributed by atoms with Crippen LogP contribution in [-0.2, 0) is 4.74 Å². The number of nitrogens with two attached hydrogens (primary N) is 1. The number of anilines is 1. The summed E-state index contributed by atoms with van der Waals surface area (Å²) in [4.78, 5) is 11.2. The largest absolute Gasteiger partial charge is 0.465 e. The Bertz CT molecular complexity index is 641. The molecule has 0 aliphatic carbocycles. The number of nitrogen functional groups attached to an aromatic ring is 1. The van der Waals surface area contributed by atoms with E-state index in [1.165, 1.54) is 18.2 Å². The normalized spacial score (nSPS) is 10.3. The summed E-state index contributed by atoms with van der Waals surface area (Å²) in [6, 6.07) is 8.90. The Balaban J connectivity index is 2.56. The molecule has 0 aromatic heterocycles. The molecule has 0 bridgehead atoms. The van der Waals surface area contributed by atoms with Crippen molar-refractivity contribution in [2.75, 3.05) is 12.8 Å². The third kappa shape index (κ3) is 2.40. The predicted octanol–water partition coefficient (Wildman–Crippen LogP) is 3.00. The van der Waals surface area contributed by atoms with Crippen molar-refractivity contribution in [3.8, 4) is 11.1 Å². The van der Waals surface area contributed by atoms with Crippen molar-refractivity contribution in [1.29, 1.82) is 0 Å². The highest BCUT2D eigenvalue weighted by molar-refractivity contribution is 5.90. The van der Waals surface area contributed by atoms with Gasteiger partial charge in [-0.05, 0) is 23.8 Å². The van der Waals surface area contributed by atoms with E-state index in [4.69, 9.17) is 5.73 Å². The highest BCUT2D eigenvalue weighted by Gasteiger charge is 2.19. The zero-order chi connectivity index (χ0) is 14.0. The Morgan fingerprint density at radius 1 is 1.16 bits per heavy atom. The fourth-order valence-corrected chi connectivity index (χ4v) is 1.75. The van der Waals surface area contributed by atoms with Gasteiger partial charge in [-0.1, -0.05) is 18.2 Å². The lowest BCUT2D eigenvalue weighted by Crippen LogP contribution is -2.06. The second-order valence-electron chi connectivity index (χ2n) is 3.91. The summed E-state index contributed by atoms with van der Waals surface area (Å²) in [6.07, 6.45) is 0. The molecule has 0 radical (unpaired) electrons. The van der Waals surface area contributed by atoms with Crippen molar-refractivity contribution < 1.29 is 18.3 Å². The number of rotatable bonds is 2. The average molecular weight is 263 g/mol. The van der Waals surface area contributed by atoms with E-state index in [0.29, 0.717) is 11.3 Å². The zero-order valence-electron chi connectivity index (χ0n) is 10.1. The number of carbonyl (C=O) groups is 1. The SMILES string of the molecule is COC(=O)c1ccc(-c2cccc(N)c2)c(F)c1F. The maximum Gasteiger partial charge on any atom is 0.340 e. The van der Waals surface area contributed by atoms with Gasteiger partial charge in [-0.3, -0.25) is 0 Å². The van der Waals surface area contributed by atoms with Crippen LogP contribution in [0.3, 0.4) is 0 Å². The van der Waals surface area contributed by atoms with E-state index in [2.05, 4.69) is 4.74 Å². The molecule has 0 saturated carbocycles. The summed E-state index contributed by atoms with van der Waals surface area (Å²) in [5.41, 5.74) is 6.07. The maximum atomic E-state index is 14.0. The van der Waals surface area contributed by atoms with Gasteiger partial charge in [-0.25, -0.2) is 13.6 Å². The quantitative estimate of drug-likeness (QED) is 0.669. The first-order valence-electron chi connectivity index (χ1n) is 5.47. The van der Waals surface area contributed by atoms with Gasteiger partial charge in [0.25, 0.3) is 0 Å². The molecule has 0 spiro atoms. The molecule has 0 atom stereocenters. The van der Waals surface area contributed by atoms with Crippen LogP contribution in [0.4, 0.5) is 14.5 Å². The molecule has 0 amide bonds. The van der Waals surface area contributed by atoms with Crippen LogP contribution in [0.5, 0.6) is 0 Å². The summed E-state index contributed by atoms with van der Waals surface area (Å²) in [7, 11) is 1.10. The molecule has 19 heavy (non-hydrogen) atoms. The van der Waals surface area contributed by atoms with E-state index in [9.17, 15) is 13.6 Å². The fourth-order valence-electron chi connectivity index (χ4n) is 1.75. The van der Waals surface area contributed by atoms with E-state index >= 15 is 0 Å². The van der Waals surface area contributed by atoms with E-state index in [1.807, 2.05) is 0 Å². The van der Waals surface area contributed by atoms with Crippen LogP contribution in [0.25, 0.3) is 11.1 Å². The van der Waals surface area contributed by atoms with Crippen LogP contribution in [0.1, 0.15) is 10.4 Å². The molecule has 5 heteroatoms. The van der Waals surface area contributed by atoms with Crippen LogP contribution < -0.4 is 5.73 Å². The van der Waals surface area contributed by atoms with Gasteiger partial charge in [-0.15, -0.1) is 0 Å². The smallest absolute Gasteiger partial charge is 0.340 e. The fraction of sp³-hybridized carbons (Fsp3) is 0.0714. The van der Waals surface area contributed by atoms with Crippen LogP contribution in [0.2, 0.25) is 0 Å². The molecule has 98 valence electrons. The van der Waals surface area contributed by atoms with Crippen molar-refractivity contribution in [2.45, 2.75) is 0 Å². The van der Waals surface area contributed by atoms with Gasteiger partial charge in [0.05, 0.1) is 12.7 Å². The van der Waals surface area contributed by atoms with Crippen LogP contribution >= 0.6 is 0 Å². The minimum atomic E-state index is -1.23. The molecular weight excluding hydrogens is 252 g/mol. The zero-order valence-corrected chi connectivity index (χ0v) is 10.1. The average Bonchev–Trinajstić information content (AvgIpc) is 2.41.